The first-order chi connectivity index (χ1) is 16.1. The second kappa shape index (κ2) is 16.5. The highest BCUT2D eigenvalue weighted by Gasteiger charge is 2.28. The zero-order valence-corrected chi connectivity index (χ0v) is 21.8. The average Bonchev–Trinajstić information content (AvgIpc) is 2.79. The summed E-state index contributed by atoms with van der Waals surface area (Å²) < 4.78 is 16.0. The highest BCUT2D eigenvalue weighted by atomic mass is 16.6. The Labute approximate surface area is 205 Å². The van der Waals surface area contributed by atoms with Crippen LogP contribution in [0.1, 0.15) is 65.9 Å². The molecule has 0 spiro atoms. The van der Waals surface area contributed by atoms with Gasteiger partial charge in [-0.15, -0.1) is 0 Å². The Morgan fingerprint density at radius 3 is 2.09 bits per heavy atom. The van der Waals surface area contributed by atoms with E-state index in [2.05, 4.69) is 33.0 Å². The van der Waals surface area contributed by atoms with Crippen LogP contribution in [0.25, 0.3) is 0 Å². The van der Waals surface area contributed by atoms with Crippen molar-refractivity contribution in [1.29, 1.82) is 0 Å². The van der Waals surface area contributed by atoms with Gasteiger partial charge in [0.05, 0.1) is 19.8 Å². The van der Waals surface area contributed by atoms with E-state index in [9.17, 15) is 14.7 Å². The van der Waals surface area contributed by atoms with Crippen molar-refractivity contribution in [2.45, 2.75) is 79.1 Å². The molecule has 0 saturated heterocycles. The topological polar surface area (TPSA) is 94.1 Å². The van der Waals surface area contributed by atoms with Gasteiger partial charge in [0.1, 0.15) is 6.61 Å². The minimum Gasteiger partial charge on any atom is -0.467 e. The van der Waals surface area contributed by atoms with Crippen molar-refractivity contribution in [3.8, 4) is 0 Å². The van der Waals surface area contributed by atoms with Crippen LogP contribution in [-0.2, 0) is 25.6 Å². The number of hydrogen-bond acceptors (Lipinski definition) is 6. The molecule has 0 aromatic heterocycles. The van der Waals surface area contributed by atoms with Crippen molar-refractivity contribution in [1.82, 2.24) is 5.32 Å². The number of hydrogen-bond donors (Lipinski definition) is 2. The molecule has 0 fully saturated rings. The molecule has 34 heavy (non-hydrogen) atoms. The lowest BCUT2D eigenvalue weighted by atomic mass is 9.80. The fourth-order valence-corrected chi connectivity index (χ4v) is 3.92. The van der Waals surface area contributed by atoms with E-state index in [1.54, 1.807) is 0 Å². The van der Waals surface area contributed by atoms with E-state index in [-0.39, 0.29) is 25.0 Å². The molecule has 0 aliphatic carbocycles. The van der Waals surface area contributed by atoms with Gasteiger partial charge < -0.3 is 24.6 Å². The van der Waals surface area contributed by atoms with Crippen LogP contribution in [0.4, 0.5) is 4.79 Å². The number of amides is 1. The smallest absolute Gasteiger partial charge is 0.408 e. The highest BCUT2D eigenvalue weighted by Crippen LogP contribution is 2.29. The number of nitrogens with one attached hydrogen (secondary N) is 1. The van der Waals surface area contributed by atoms with Gasteiger partial charge in [-0.2, -0.15) is 0 Å². The predicted octanol–water partition coefficient (Wildman–Crippen LogP) is 4.96. The summed E-state index contributed by atoms with van der Waals surface area (Å²) >= 11 is 0. The molecule has 2 N–H and O–H groups in total. The molecule has 0 bridgehead atoms. The summed E-state index contributed by atoms with van der Waals surface area (Å²) in [5.74, 6) is 0.780. The second-order valence-corrected chi connectivity index (χ2v) is 9.93. The minimum atomic E-state index is -0.973. The second-order valence-electron chi connectivity index (χ2n) is 9.93. The summed E-state index contributed by atoms with van der Waals surface area (Å²) in [6.07, 6.45) is 2.77. The Hall–Kier alpha value is -2.12. The summed E-state index contributed by atoms with van der Waals surface area (Å²) in [6, 6.07) is 8.33. The number of carbonyl (C=O) groups is 2. The molecule has 194 valence electrons. The van der Waals surface area contributed by atoms with Crippen LogP contribution in [0.3, 0.4) is 0 Å². The third-order valence-electron chi connectivity index (χ3n) is 6.02. The molecular weight excluding hydrogens is 434 g/mol. The number of esters is 1. The van der Waals surface area contributed by atoms with Crippen molar-refractivity contribution in [2.24, 2.45) is 23.7 Å². The molecule has 0 aliphatic rings. The van der Waals surface area contributed by atoms with E-state index in [1.165, 1.54) is 7.11 Å². The molecule has 1 amide bonds. The standard InChI is InChI=1S/C27H45NO6/c1-19(2)12-14-23(24(21(5)29)15-13-20(3)4)17-33-18-25(26(30)32-6)28-27(31)34-16-22-10-8-7-9-11-22/h7-11,19-21,23-25,29H,12-18H2,1-6H3,(H,28,31)/t21-,23-,24-,25?/m0/s1. The molecule has 1 unspecified atom stereocenters. The largest absolute Gasteiger partial charge is 0.467 e. The Bertz CT molecular complexity index is 692. The quantitative estimate of drug-likeness (QED) is 0.326. The van der Waals surface area contributed by atoms with Crippen LogP contribution < -0.4 is 5.32 Å². The van der Waals surface area contributed by atoms with Gasteiger partial charge in [0.2, 0.25) is 0 Å². The van der Waals surface area contributed by atoms with Crippen LogP contribution in [0.15, 0.2) is 30.3 Å². The predicted molar refractivity (Wildman–Crippen MR) is 133 cm³/mol. The van der Waals surface area contributed by atoms with E-state index < -0.39 is 24.2 Å². The lowest BCUT2D eigenvalue weighted by Gasteiger charge is -2.31. The Kier molecular flexibility index (Phi) is 14.5. The molecule has 1 rings (SSSR count). The minimum absolute atomic E-state index is 0.0258. The lowest BCUT2D eigenvalue weighted by Crippen LogP contribution is -2.45. The Balaban J connectivity index is 2.70. The van der Waals surface area contributed by atoms with Crippen LogP contribution >= 0.6 is 0 Å². The number of ether oxygens (including phenoxy) is 3. The average molecular weight is 480 g/mol. The Morgan fingerprint density at radius 1 is 0.912 bits per heavy atom. The molecule has 0 heterocycles. The van der Waals surface area contributed by atoms with Gasteiger partial charge in [0.25, 0.3) is 0 Å². The van der Waals surface area contributed by atoms with Crippen molar-refractivity contribution >= 4 is 12.1 Å². The first-order valence-electron chi connectivity index (χ1n) is 12.4. The Morgan fingerprint density at radius 2 is 1.53 bits per heavy atom. The highest BCUT2D eigenvalue weighted by molar-refractivity contribution is 5.81. The molecule has 0 radical (unpaired) electrons. The van der Waals surface area contributed by atoms with Crippen LogP contribution in [0.2, 0.25) is 0 Å². The first kappa shape index (κ1) is 29.9. The van der Waals surface area contributed by atoms with Crippen LogP contribution in [-0.4, -0.2) is 49.6 Å². The maximum absolute atomic E-state index is 12.2. The first-order valence-corrected chi connectivity index (χ1v) is 12.4. The molecule has 4 atom stereocenters. The van der Waals surface area contributed by atoms with E-state index in [4.69, 9.17) is 14.2 Å². The summed E-state index contributed by atoms with van der Waals surface area (Å²) in [5, 5.41) is 13.0. The van der Waals surface area contributed by atoms with E-state index >= 15 is 0 Å². The van der Waals surface area contributed by atoms with Gasteiger partial charge in [-0.1, -0.05) is 70.9 Å². The van der Waals surface area contributed by atoms with Crippen molar-refractivity contribution in [3.63, 3.8) is 0 Å². The van der Waals surface area contributed by atoms with E-state index in [1.807, 2.05) is 37.3 Å². The van der Waals surface area contributed by atoms with E-state index in [0.29, 0.717) is 18.4 Å². The zero-order valence-electron chi connectivity index (χ0n) is 21.8. The lowest BCUT2D eigenvalue weighted by molar-refractivity contribution is -0.145. The number of alkyl carbamates (subject to hydrolysis) is 1. The fraction of sp³-hybridized carbons (Fsp3) is 0.704. The van der Waals surface area contributed by atoms with Gasteiger partial charge in [0, 0.05) is 6.61 Å². The summed E-state index contributed by atoms with van der Waals surface area (Å²) in [4.78, 5) is 24.5. The molecule has 0 aliphatic heterocycles. The molecule has 7 heteroatoms. The van der Waals surface area contributed by atoms with Crippen LogP contribution in [0, 0.1) is 23.7 Å². The summed E-state index contributed by atoms with van der Waals surface area (Å²) in [7, 11) is 1.27. The number of methoxy groups -OCH3 is 1. The number of carbonyl (C=O) groups excluding carboxylic acids is 2. The molecule has 1 aromatic rings. The summed E-state index contributed by atoms with van der Waals surface area (Å²) in [5.41, 5.74) is 0.849. The van der Waals surface area contributed by atoms with Gasteiger partial charge in [0.15, 0.2) is 6.04 Å². The maximum Gasteiger partial charge on any atom is 0.408 e. The van der Waals surface area contributed by atoms with Gasteiger partial charge in [-0.25, -0.2) is 9.59 Å². The van der Waals surface area contributed by atoms with Crippen molar-refractivity contribution < 1.29 is 28.9 Å². The maximum atomic E-state index is 12.2. The third kappa shape index (κ3) is 12.4. The molecule has 7 nitrogen and oxygen atoms in total. The van der Waals surface area contributed by atoms with Crippen molar-refractivity contribution in [3.05, 3.63) is 35.9 Å². The summed E-state index contributed by atoms with van der Waals surface area (Å²) in [6.45, 7) is 11.0. The van der Waals surface area contributed by atoms with Gasteiger partial charge >= 0.3 is 12.1 Å². The van der Waals surface area contributed by atoms with E-state index in [0.717, 1.165) is 31.2 Å². The number of aliphatic hydroxyl groups is 1. The molecular formula is C27H45NO6. The van der Waals surface area contributed by atoms with Crippen LogP contribution in [0.5, 0.6) is 0 Å². The van der Waals surface area contributed by atoms with Gasteiger partial charge in [-0.3, -0.25) is 0 Å². The fourth-order valence-electron chi connectivity index (χ4n) is 3.92. The molecule has 0 saturated carbocycles. The zero-order chi connectivity index (χ0) is 25.5. The van der Waals surface area contributed by atoms with Crippen molar-refractivity contribution in [2.75, 3.05) is 20.3 Å². The van der Waals surface area contributed by atoms with Gasteiger partial charge in [-0.05, 0) is 49.0 Å². The number of aliphatic hydroxyl groups excluding tert-OH is 1. The monoisotopic (exact) mass is 479 g/mol. The number of benzene rings is 1. The SMILES string of the molecule is COC(=O)C(COC[C@H](CCC(C)C)[C@@H](CCC(C)C)[C@H](C)O)NC(=O)OCc1ccccc1. The molecule has 1 aromatic carbocycles. The third-order valence-corrected chi connectivity index (χ3v) is 6.02. The number of rotatable bonds is 16. The normalized spacial score (nSPS) is 15.0.